The number of ether oxygens (including phenoxy) is 1. The molecule has 0 spiro atoms. The number of cyclic esters (lactones) is 1. The predicted molar refractivity (Wildman–Crippen MR) is 225 cm³/mol. The molecular weight excluding hydrogens is 806 g/mol. The van der Waals surface area contributed by atoms with Gasteiger partial charge in [-0.2, -0.15) is 0 Å². The SMILES string of the molecule is CC(=O)CC[C@H]1C(=O)N[C@@H](C(C)C)C(=O)N[C@@H](Cc2cc(O)cc(F)c2)C(=O)N2CCC[C@H](N2)C(=O)O[C@H](/C(C)=C/C=C/C(=O)N2CCCCO2)C/C=C/C=C/[C@H](O)[C@H](C)[C@H]1O. The summed E-state index contributed by atoms with van der Waals surface area (Å²) in [6.45, 7) is 9.00. The third-order valence-electron chi connectivity index (χ3n) is 11.1. The van der Waals surface area contributed by atoms with E-state index in [2.05, 4.69) is 16.1 Å². The molecule has 6 N–H and O–H groups in total. The summed E-state index contributed by atoms with van der Waals surface area (Å²) in [6.07, 6.45) is 9.38. The maximum absolute atomic E-state index is 14.4. The summed E-state index contributed by atoms with van der Waals surface area (Å²) in [4.78, 5) is 86.3. The molecule has 62 heavy (non-hydrogen) atoms. The molecule has 0 radical (unpaired) electrons. The number of aromatic hydroxyl groups is 1. The zero-order valence-electron chi connectivity index (χ0n) is 36.1. The van der Waals surface area contributed by atoms with Crippen LogP contribution in [0.1, 0.15) is 85.1 Å². The third-order valence-corrected chi connectivity index (χ3v) is 11.1. The number of amides is 4. The topological polar surface area (TPSA) is 224 Å². The summed E-state index contributed by atoms with van der Waals surface area (Å²) >= 11 is 0. The number of hydrazine groups is 1. The summed E-state index contributed by atoms with van der Waals surface area (Å²) in [5.74, 6) is -7.33. The first-order valence-electron chi connectivity index (χ1n) is 21.3. The van der Waals surface area contributed by atoms with Gasteiger partial charge in [-0.1, -0.05) is 57.2 Å². The molecule has 340 valence electrons. The predicted octanol–water partition coefficient (Wildman–Crippen LogP) is 3.02. The number of aliphatic hydroxyl groups is 2. The molecule has 17 heteroatoms. The van der Waals surface area contributed by atoms with Gasteiger partial charge in [0.1, 0.15) is 41.6 Å². The first kappa shape index (κ1) is 49.4. The lowest BCUT2D eigenvalue weighted by Crippen LogP contribution is -2.62. The smallest absolute Gasteiger partial charge is 0.325 e. The van der Waals surface area contributed by atoms with Crippen LogP contribution >= 0.6 is 0 Å². The Bertz CT molecular complexity index is 1860. The van der Waals surface area contributed by atoms with Gasteiger partial charge >= 0.3 is 5.97 Å². The molecule has 2 bridgehead atoms. The van der Waals surface area contributed by atoms with Gasteiger partial charge < -0.3 is 35.5 Å². The van der Waals surface area contributed by atoms with Gasteiger partial charge in [0.25, 0.3) is 11.8 Å². The summed E-state index contributed by atoms with van der Waals surface area (Å²) in [6, 6.07) is -0.401. The molecule has 0 aliphatic carbocycles. The van der Waals surface area contributed by atoms with E-state index in [0.717, 1.165) is 25.0 Å². The van der Waals surface area contributed by atoms with Gasteiger partial charge in [-0.3, -0.25) is 33.8 Å². The Balaban J connectivity index is 1.71. The number of nitrogens with zero attached hydrogens (tertiary/aromatic N) is 2. The van der Waals surface area contributed by atoms with Crippen molar-refractivity contribution < 1.29 is 58.1 Å². The number of Topliss-reactive ketones (excluding diaryl/α,β-unsaturated/α-hetero) is 1. The highest BCUT2D eigenvalue weighted by Crippen LogP contribution is 2.24. The standard InChI is InChI=1S/C45H62FN5O11/c1-27(2)40-43(58)47-36(25-31-23-32(46)26-33(53)24-31)44(59)50-20-12-14-35(49-50)45(60)62-38(28(3)13-11-17-39(55)51-21-9-10-22-61-51)16-8-6-7-15-37(54)30(5)41(56)34(42(57)48-40)19-18-29(4)52/h6-8,11,13,15,17,23-24,26-27,30,34-38,40-41,49,53-54,56H,9-10,12,14,16,18-22,25H2,1-5H3,(H,47,58)(H,48,57)/b8-6+,15-7+,17-11+,28-13+/t30-,34+,35-,36-,37-,38-,40-,41+/m0/s1. The van der Waals surface area contributed by atoms with Crippen molar-refractivity contribution in [3.63, 3.8) is 0 Å². The number of allylic oxidation sites excluding steroid dienone is 4. The lowest BCUT2D eigenvalue weighted by Gasteiger charge is -2.36. The van der Waals surface area contributed by atoms with E-state index in [1.807, 2.05) is 0 Å². The number of benzene rings is 1. The number of halogens is 1. The van der Waals surface area contributed by atoms with Crippen LogP contribution in [0.4, 0.5) is 4.39 Å². The quantitative estimate of drug-likeness (QED) is 0.120. The van der Waals surface area contributed by atoms with Crippen molar-refractivity contribution in [3.05, 3.63) is 77.7 Å². The molecule has 3 aliphatic heterocycles. The Morgan fingerprint density at radius 2 is 1.76 bits per heavy atom. The lowest BCUT2D eigenvalue weighted by atomic mass is 9.84. The number of hydrogen-bond acceptors (Lipinski definition) is 12. The van der Waals surface area contributed by atoms with Crippen LogP contribution in [0, 0.1) is 23.6 Å². The normalized spacial score (nSPS) is 29.0. The number of aliphatic hydroxyl groups excluding tert-OH is 2. The maximum atomic E-state index is 14.4. The van der Waals surface area contributed by atoms with Gasteiger partial charge in [-0.05, 0) is 75.1 Å². The van der Waals surface area contributed by atoms with Crippen molar-refractivity contribution in [1.82, 2.24) is 26.1 Å². The number of fused-ring (bicyclic) bond motifs is 2. The number of phenolic OH excluding ortho intramolecular Hbond substituents is 1. The molecular formula is C45H62FN5O11. The van der Waals surface area contributed by atoms with Crippen molar-refractivity contribution in [2.24, 2.45) is 17.8 Å². The monoisotopic (exact) mass is 867 g/mol. The Kier molecular flexibility index (Phi) is 19.0. The Morgan fingerprint density at radius 3 is 2.44 bits per heavy atom. The maximum Gasteiger partial charge on any atom is 0.325 e. The summed E-state index contributed by atoms with van der Waals surface area (Å²) in [7, 11) is 0. The van der Waals surface area contributed by atoms with Gasteiger partial charge in [0.15, 0.2) is 0 Å². The molecule has 2 saturated heterocycles. The molecule has 0 aromatic heterocycles. The van der Waals surface area contributed by atoms with E-state index < -0.39 is 89.4 Å². The fourth-order valence-corrected chi connectivity index (χ4v) is 7.36. The molecule has 4 amide bonds. The first-order chi connectivity index (χ1) is 29.4. The fraction of sp³-hybridized carbons (Fsp3) is 0.556. The van der Waals surface area contributed by atoms with Crippen LogP contribution in [0.3, 0.4) is 0 Å². The van der Waals surface area contributed by atoms with E-state index in [-0.39, 0.29) is 49.5 Å². The minimum absolute atomic E-state index is 0.0610. The average molecular weight is 868 g/mol. The molecule has 0 saturated carbocycles. The minimum Gasteiger partial charge on any atom is -0.508 e. The van der Waals surface area contributed by atoms with E-state index in [4.69, 9.17) is 9.57 Å². The second-order valence-electron chi connectivity index (χ2n) is 16.5. The zero-order valence-corrected chi connectivity index (χ0v) is 36.1. The number of hydrogen-bond donors (Lipinski definition) is 6. The highest BCUT2D eigenvalue weighted by molar-refractivity contribution is 5.93. The number of carbonyl (C=O) groups is 6. The van der Waals surface area contributed by atoms with E-state index >= 15 is 0 Å². The average Bonchev–Trinajstić information content (AvgIpc) is 3.23. The van der Waals surface area contributed by atoms with Crippen molar-refractivity contribution in [1.29, 1.82) is 0 Å². The number of esters is 1. The highest BCUT2D eigenvalue weighted by atomic mass is 19.1. The van der Waals surface area contributed by atoms with Gasteiger partial charge in [0, 0.05) is 50.4 Å². The fourth-order valence-electron chi connectivity index (χ4n) is 7.36. The van der Waals surface area contributed by atoms with Gasteiger partial charge in [0.05, 0.1) is 24.7 Å². The number of rotatable bonds is 9. The van der Waals surface area contributed by atoms with Gasteiger partial charge in [-0.15, -0.1) is 0 Å². The summed E-state index contributed by atoms with van der Waals surface area (Å²) in [5, 5.41) is 40.6. The number of hydroxylamine groups is 2. The molecule has 3 aliphatic rings. The molecule has 16 nitrogen and oxygen atoms in total. The highest BCUT2D eigenvalue weighted by Gasteiger charge is 2.39. The van der Waals surface area contributed by atoms with E-state index in [1.54, 1.807) is 52.0 Å². The first-order valence-corrected chi connectivity index (χ1v) is 21.3. The van der Waals surface area contributed by atoms with Crippen LogP contribution in [-0.4, -0.2) is 117 Å². The zero-order chi connectivity index (χ0) is 45.5. The van der Waals surface area contributed by atoms with E-state index in [1.165, 1.54) is 41.3 Å². The van der Waals surface area contributed by atoms with Crippen LogP contribution in [0.25, 0.3) is 0 Å². The van der Waals surface area contributed by atoms with Crippen molar-refractivity contribution >= 4 is 35.4 Å². The number of carbonyl (C=O) groups excluding carboxylic acids is 6. The van der Waals surface area contributed by atoms with Crippen LogP contribution in [0.15, 0.2) is 66.3 Å². The Morgan fingerprint density at radius 1 is 1.00 bits per heavy atom. The van der Waals surface area contributed by atoms with E-state index in [9.17, 15) is 48.5 Å². The number of phenols is 1. The van der Waals surface area contributed by atoms with Crippen LogP contribution in [-0.2, 0) is 44.8 Å². The van der Waals surface area contributed by atoms with Gasteiger partial charge in [-0.25, -0.2) is 14.9 Å². The molecule has 1 aromatic carbocycles. The molecule has 3 heterocycles. The molecule has 0 unspecified atom stereocenters. The molecule has 1 aromatic rings. The summed E-state index contributed by atoms with van der Waals surface area (Å²) in [5.41, 5.74) is 3.69. The molecule has 2 fully saturated rings. The number of nitrogens with one attached hydrogen (secondary N) is 3. The largest absolute Gasteiger partial charge is 0.508 e. The Labute approximate surface area is 362 Å². The third kappa shape index (κ3) is 14.7. The van der Waals surface area contributed by atoms with E-state index in [0.29, 0.717) is 31.6 Å². The lowest BCUT2D eigenvalue weighted by molar-refractivity contribution is -0.191. The van der Waals surface area contributed by atoms with Crippen molar-refractivity contribution in [2.45, 2.75) is 122 Å². The summed E-state index contributed by atoms with van der Waals surface area (Å²) < 4.78 is 20.5. The number of ketones is 1. The molecule has 4 rings (SSSR count). The minimum atomic E-state index is -1.46. The Hall–Kier alpha value is -5.23. The van der Waals surface area contributed by atoms with Crippen LogP contribution in [0.5, 0.6) is 5.75 Å². The van der Waals surface area contributed by atoms with Crippen molar-refractivity contribution in [3.8, 4) is 5.75 Å². The van der Waals surface area contributed by atoms with Crippen LogP contribution in [0.2, 0.25) is 0 Å². The van der Waals surface area contributed by atoms with Gasteiger partial charge in [0.2, 0.25) is 11.8 Å². The molecule has 8 atom stereocenters. The second kappa shape index (κ2) is 23.8. The van der Waals surface area contributed by atoms with Crippen molar-refractivity contribution in [2.75, 3.05) is 19.7 Å². The van der Waals surface area contributed by atoms with Crippen LogP contribution < -0.4 is 16.1 Å². The second-order valence-corrected chi connectivity index (χ2v) is 16.5.